The molecule has 0 bridgehead atoms. The Morgan fingerprint density at radius 1 is 1.07 bits per heavy atom. The van der Waals surface area contributed by atoms with Crippen molar-refractivity contribution in [1.82, 2.24) is 24.6 Å². The Bertz CT molecular complexity index is 1170. The number of halogens is 3. The first-order valence-electron chi connectivity index (χ1n) is 9.38. The van der Waals surface area contributed by atoms with Gasteiger partial charge in [0.1, 0.15) is 0 Å². The number of hydrogen-bond donors (Lipinski definition) is 1. The van der Waals surface area contributed by atoms with Crippen LogP contribution in [0.15, 0.2) is 35.4 Å². The van der Waals surface area contributed by atoms with E-state index in [1.54, 1.807) is 4.90 Å². The Labute approximate surface area is 169 Å². The highest BCUT2D eigenvalue weighted by atomic mass is 19.4. The van der Waals surface area contributed by atoms with Gasteiger partial charge in [-0.3, -0.25) is 14.7 Å². The normalized spacial score (nSPS) is 15.7. The number of aromatic nitrogens is 3. The largest absolute Gasteiger partial charge is 0.416 e. The molecule has 7 nitrogen and oxygen atoms in total. The third-order valence-electron chi connectivity index (χ3n) is 5.40. The smallest absolute Gasteiger partial charge is 0.336 e. The second-order valence-electron chi connectivity index (χ2n) is 7.51. The van der Waals surface area contributed by atoms with Crippen molar-refractivity contribution in [3.8, 4) is 11.1 Å². The van der Waals surface area contributed by atoms with Gasteiger partial charge < -0.3 is 14.4 Å². The molecule has 1 saturated heterocycles. The molecule has 3 aromatic rings. The molecule has 158 valence electrons. The quantitative estimate of drug-likeness (QED) is 0.692. The van der Waals surface area contributed by atoms with E-state index >= 15 is 0 Å². The summed E-state index contributed by atoms with van der Waals surface area (Å²) in [6.45, 7) is 2.55. The number of alkyl halides is 3. The number of aromatic amines is 1. The zero-order chi connectivity index (χ0) is 21.6. The predicted molar refractivity (Wildman–Crippen MR) is 105 cm³/mol. The van der Waals surface area contributed by atoms with Crippen LogP contribution in [0.3, 0.4) is 0 Å². The first kappa shape index (κ1) is 20.1. The summed E-state index contributed by atoms with van der Waals surface area (Å²) in [5.74, 6) is -0.254. The number of piperazine rings is 1. The van der Waals surface area contributed by atoms with Crippen molar-refractivity contribution in [3.05, 3.63) is 52.1 Å². The Hall–Kier alpha value is -3.14. The molecular weight excluding hydrogens is 399 g/mol. The predicted octanol–water partition coefficient (Wildman–Crippen LogP) is 2.33. The van der Waals surface area contributed by atoms with E-state index in [1.165, 1.54) is 30.1 Å². The molecule has 1 N–H and O–H groups in total. The average molecular weight is 419 g/mol. The lowest BCUT2D eigenvalue weighted by Crippen LogP contribution is -2.47. The molecule has 1 fully saturated rings. The molecule has 0 unspecified atom stereocenters. The number of amides is 1. The van der Waals surface area contributed by atoms with Gasteiger partial charge in [0.25, 0.3) is 11.5 Å². The Morgan fingerprint density at radius 3 is 2.43 bits per heavy atom. The van der Waals surface area contributed by atoms with Crippen molar-refractivity contribution in [2.24, 2.45) is 7.05 Å². The van der Waals surface area contributed by atoms with E-state index in [9.17, 15) is 22.8 Å². The van der Waals surface area contributed by atoms with E-state index in [1.807, 2.05) is 7.05 Å². The molecule has 4 rings (SSSR count). The Balaban J connectivity index is 1.85. The molecule has 1 amide bonds. The topological polar surface area (TPSA) is 74.2 Å². The molecule has 1 aliphatic rings. The molecule has 3 heterocycles. The van der Waals surface area contributed by atoms with Crippen molar-refractivity contribution >= 4 is 16.8 Å². The van der Waals surface area contributed by atoms with Crippen LogP contribution in [-0.4, -0.2) is 63.7 Å². The highest BCUT2D eigenvalue weighted by Gasteiger charge is 2.32. The second-order valence-corrected chi connectivity index (χ2v) is 7.51. The number of pyridine rings is 1. The third-order valence-corrected chi connectivity index (χ3v) is 5.40. The summed E-state index contributed by atoms with van der Waals surface area (Å²) in [5, 5.41) is 6.73. The maximum atomic E-state index is 13.4. The SMILES string of the molecule is CN1CCN(C(=O)c2cc(-c3cc(C(F)(F)F)cc4[nH]ncc34)c(=O)n(C)c2)CC1. The monoisotopic (exact) mass is 419 g/mol. The lowest BCUT2D eigenvalue weighted by molar-refractivity contribution is -0.137. The molecule has 0 aliphatic carbocycles. The molecule has 10 heteroatoms. The number of carbonyl (C=O) groups is 1. The minimum atomic E-state index is -4.59. The third kappa shape index (κ3) is 3.58. The van der Waals surface area contributed by atoms with Crippen LogP contribution in [0.2, 0.25) is 0 Å². The van der Waals surface area contributed by atoms with E-state index < -0.39 is 17.3 Å². The van der Waals surface area contributed by atoms with Gasteiger partial charge in [0.15, 0.2) is 0 Å². The van der Waals surface area contributed by atoms with Crippen LogP contribution >= 0.6 is 0 Å². The van der Waals surface area contributed by atoms with Crippen molar-refractivity contribution in [2.45, 2.75) is 6.18 Å². The first-order chi connectivity index (χ1) is 14.1. The zero-order valence-corrected chi connectivity index (χ0v) is 16.5. The summed E-state index contributed by atoms with van der Waals surface area (Å²) in [4.78, 5) is 29.6. The van der Waals surface area contributed by atoms with E-state index in [0.29, 0.717) is 18.5 Å². The first-order valence-corrected chi connectivity index (χ1v) is 9.38. The number of aryl methyl sites for hydroxylation is 1. The zero-order valence-electron chi connectivity index (χ0n) is 16.5. The van der Waals surface area contributed by atoms with Crippen LogP contribution < -0.4 is 5.56 Å². The van der Waals surface area contributed by atoms with Gasteiger partial charge in [0, 0.05) is 50.4 Å². The summed E-state index contributed by atoms with van der Waals surface area (Å²) in [6, 6.07) is 3.26. The molecule has 0 spiro atoms. The number of nitrogens with one attached hydrogen (secondary N) is 1. The molecule has 1 aliphatic heterocycles. The molecule has 30 heavy (non-hydrogen) atoms. The summed E-state index contributed by atoms with van der Waals surface area (Å²) < 4.78 is 41.4. The van der Waals surface area contributed by atoms with Crippen LogP contribution in [0.4, 0.5) is 13.2 Å². The van der Waals surface area contributed by atoms with Gasteiger partial charge in [-0.05, 0) is 30.8 Å². The van der Waals surface area contributed by atoms with E-state index in [2.05, 4.69) is 15.1 Å². The number of H-pyrrole nitrogens is 1. The van der Waals surface area contributed by atoms with Crippen LogP contribution in [0.5, 0.6) is 0 Å². The standard InChI is InChI=1S/C20H20F3N5O2/c1-26-3-5-28(6-4-26)18(29)12-7-15(19(30)27(2)11-12)14-8-13(20(21,22)23)9-17-16(14)10-24-25-17/h7-11H,3-6H2,1-2H3,(H,24,25). The lowest BCUT2D eigenvalue weighted by atomic mass is 9.98. The van der Waals surface area contributed by atoms with Crippen LogP contribution in [0.1, 0.15) is 15.9 Å². The molecule has 0 saturated carbocycles. The molecular formula is C20H20F3N5O2. The maximum absolute atomic E-state index is 13.4. The Morgan fingerprint density at radius 2 is 1.77 bits per heavy atom. The Kier molecular flexibility index (Phi) is 4.89. The number of hydrogen-bond acceptors (Lipinski definition) is 4. The van der Waals surface area contributed by atoms with Crippen LogP contribution in [0, 0.1) is 0 Å². The van der Waals surface area contributed by atoms with Crippen molar-refractivity contribution in [1.29, 1.82) is 0 Å². The van der Waals surface area contributed by atoms with Crippen molar-refractivity contribution in [2.75, 3.05) is 33.2 Å². The average Bonchev–Trinajstić information content (AvgIpc) is 3.17. The fraction of sp³-hybridized carbons (Fsp3) is 0.350. The van der Waals surface area contributed by atoms with Crippen molar-refractivity contribution < 1.29 is 18.0 Å². The highest BCUT2D eigenvalue weighted by molar-refractivity contribution is 5.98. The number of rotatable bonds is 2. The fourth-order valence-electron chi connectivity index (χ4n) is 3.65. The van der Waals surface area contributed by atoms with Gasteiger partial charge in [0.05, 0.1) is 22.8 Å². The number of fused-ring (bicyclic) bond motifs is 1. The number of carbonyl (C=O) groups excluding carboxylic acids is 1. The molecule has 0 radical (unpaired) electrons. The van der Waals surface area contributed by atoms with Crippen LogP contribution in [0.25, 0.3) is 22.0 Å². The fourth-order valence-corrected chi connectivity index (χ4v) is 3.65. The summed E-state index contributed by atoms with van der Waals surface area (Å²) >= 11 is 0. The molecule has 2 aromatic heterocycles. The summed E-state index contributed by atoms with van der Waals surface area (Å²) in [7, 11) is 3.45. The summed E-state index contributed by atoms with van der Waals surface area (Å²) in [6.07, 6.45) is -1.79. The molecule has 1 aromatic carbocycles. The maximum Gasteiger partial charge on any atom is 0.416 e. The lowest BCUT2D eigenvalue weighted by Gasteiger charge is -2.32. The molecule has 0 atom stereocenters. The minimum absolute atomic E-state index is 0.0231. The van der Waals surface area contributed by atoms with E-state index in [0.717, 1.165) is 25.2 Å². The minimum Gasteiger partial charge on any atom is -0.336 e. The highest BCUT2D eigenvalue weighted by Crippen LogP contribution is 2.36. The second kappa shape index (κ2) is 7.28. The number of benzene rings is 1. The number of likely N-dealkylation sites (N-methyl/N-ethyl adjacent to an activating group) is 1. The van der Waals surface area contributed by atoms with Gasteiger partial charge in [0.2, 0.25) is 0 Å². The van der Waals surface area contributed by atoms with E-state index in [-0.39, 0.29) is 28.1 Å². The van der Waals surface area contributed by atoms with E-state index in [4.69, 9.17) is 0 Å². The van der Waals surface area contributed by atoms with Crippen LogP contribution in [-0.2, 0) is 13.2 Å². The van der Waals surface area contributed by atoms with Gasteiger partial charge in [-0.15, -0.1) is 0 Å². The number of nitrogens with zero attached hydrogens (tertiary/aromatic N) is 4. The van der Waals surface area contributed by atoms with Gasteiger partial charge in [-0.1, -0.05) is 0 Å². The van der Waals surface area contributed by atoms with Crippen molar-refractivity contribution in [3.63, 3.8) is 0 Å². The van der Waals surface area contributed by atoms with Gasteiger partial charge in [-0.25, -0.2) is 0 Å². The van der Waals surface area contributed by atoms with Gasteiger partial charge in [-0.2, -0.15) is 18.3 Å². The van der Waals surface area contributed by atoms with Gasteiger partial charge >= 0.3 is 6.18 Å². The summed E-state index contributed by atoms with van der Waals surface area (Å²) in [5.41, 5.74) is -0.862.